The maximum Gasteiger partial charge on any atom is 0.227 e. The number of amides is 1. The van der Waals surface area contributed by atoms with Gasteiger partial charge in [-0.2, -0.15) is 10.4 Å². The molecule has 0 N–H and O–H groups in total. The molecule has 1 fully saturated rings. The van der Waals surface area contributed by atoms with Crippen molar-refractivity contribution in [2.45, 2.75) is 45.7 Å². The maximum absolute atomic E-state index is 12.7. The Kier molecular flexibility index (Phi) is 4.66. The largest absolute Gasteiger partial charge is 0.338 e. The van der Waals surface area contributed by atoms with Gasteiger partial charge in [0.15, 0.2) is 0 Å². The topological polar surface area (TPSA) is 61.9 Å². The molecule has 0 spiro atoms. The molecule has 0 unspecified atom stereocenters. The van der Waals surface area contributed by atoms with Crippen molar-refractivity contribution < 1.29 is 4.79 Å². The second-order valence-electron chi connectivity index (χ2n) is 6.48. The van der Waals surface area contributed by atoms with Gasteiger partial charge in [0, 0.05) is 12.2 Å². The fourth-order valence-electron chi connectivity index (χ4n) is 3.39. The summed E-state index contributed by atoms with van der Waals surface area (Å²) in [6, 6.07) is 11.6. The summed E-state index contributed by atoms with van der Waals surface area (Å²) >= 11 is 0. The number of likely N-dealkylation sites (tertiary alicyclic amines) is 1. The van der Waals surface area contributed by atoms with Crippen molar-refractivity contribution in [3.05, 3.63) is 52.8 Å². The van der Waals surface area contributed by atoms with Crippen LogP contribution in [0.4, 0.5) is 0 Å². The number of hydrogen-bond acceptors (Lipinski definition) is 3. The van der Waals surface area contributed by atoms with Crippen molar-refractivity contribution >= 4 is 5.91 Å². The molecule has 5 nitrogen and oxygen atoms in total. The Balaban J connectivity index is 1.66. The molecule has 1 aliphatic rings. The quantitative estimate of drug-likeness (QED) is 0.869. The smallest absolute Gasteiger partial charge is 0.227 e. The van der Waals surface area contributed by atoms with Crippen molar-refractivity contribution in [3.63, 3.8) is 0 Å². The van der Waals surface area contributed by atoms with E-state index < -0.39 is 0 Å². The standard InChI is InChI=1S/C19H22N4O/c1-14-10-15(2)23(21-14)13-18-4-3-9-22(18)19(24)11-16-5-7-17(12-20)8-6-16/h5-8,10,18H,3-4,9,11,13H2,1-2H3/t18-/m0/s1. The Bertz CT molecular complexity index is 770. The first kappa shape index (κ1) is 16.3. The Morgan fingerprint density at radius 3 is 2.71 bits per heavy atom. The Labute approximate surface area is 142 Å². The van der Waals surface area contributed by atoms with Crippen LogP contribution in [0.2, 0.25) is 0 Å². The summed E-state index contributed by atoms with van der Waals surface area (Å²) in [5.74, 6) is 0.156. The van der Waals surface area contributed by atoms with E-state index in [1.807, 2.05) is 28.6 Å². The number of nitrogens with zero attached hydrogens (tertiary/aromatic N) is 4. The zero-order valence-corrected chi connectivity index (χ0v) is 14.2. The van der Waals surface area contributed by atoms with Crippen LogP contribution in [0.25, 0.3) is 0 Å². The van der Waals surface area contributed by atoms with E-state index in [9.17, 15) is 4.79 Å². The number of rotatable bonds is 4. The molecular weight excluding hydrogens is 300 g/mol. The highest BCUT2D eigenvalue weighted by Crippen LogP contribution is 2.21. The van der Waals surface area contributed by atoms with Gasteiger partial charge in [0.05, 0.1) is 36.3 Å². The molecular formula is C19H22N4O. The molecule has 1 amide bonds. The third-order valence-corrected chi connectivity index (χ3v) is 4.62. The van der Waals surface area contributed by atoms with Crippen LogP contribution in [0.3, 0.4) is 0 Å². The van der Waals surface area contributed by atoms with Gasteiger partial charge < -0.3 is 4.90 Å². The predicted molar refractivity (Wildman–Crippen MR) is 91.3 cm³/mol. The minimum absolute atomic E-state index is 0.156. The van der Waals surface area contributed by atoms with Crippen LogP contribution in [0, 0.1) is 25.2 Å². The molecule has 124 valence electrons. The Hall–Kier alpha value is -2.61. The lowest BCUT2D eigenvalue weighted by molar-refractivity contribution is -0.131. The van der Waals surface area contributed by atoms with Gasteiger partial charge in [0.2, 0.25) is 5.91 Å². The lowest BCUT2D eigenvalue weighted by Crippen LogP contribution is -2.39. The van der Waals surface area contributed by atoms with Crippen LogP contribution in [0.1, 0.15) is 35.4 Å². The highest BCUT2D eigenvalue weighted by atomic mass is 16.2. The second-order valence-corrected chi connectivity index (χ2v) is 6.48. The van der Waals surface area contributed by atoms with Crippen molar-refractivity contribution in [1.82, 2.24) is 14.7 Å². The highest BCUT2D eigenvalue weighted by Gasteiger charge is 2.29. The van der Waals surface area contributed by atoms with Gasteiger partial charge in [-0.25, -0.2) is 0 Å². The third kappa shape index (κ3) is 3.48. The van der Waals surface area contributed by atoms with E-state index >= 15 is 0 Å². The summed E-state index contributed by atoms with van der Waals surface area (Å²) in [4.78, 5) is 14.7. The van der Waals surface area contributed by atoms with Gasteiger partial charge >= 0.3 is 0 Å². The molecule has 1 aliphatic heterocycles. The zero-order chi connectivity index (χ0) is 17.1. The van der Waals surface area contributed by atoms with Crippen LogP contribution in [0.5, 0.6) is 0 Å². The number of benzene rings is 1. The molecule has 0 aliphatic carbocycles. The fraction of sp³-hybridized carbons (Fsp3) is 0.421. The van der Waals surface area contributed by atoms with Gasteiger partial charge in [-0.1, -0.05) is 12.1 Å². The first-order valence-corrected chi connectivity index (χ1v) is 8.36. The number of carbonyl (C=O) groups is 1. The molecule has 0 saturated carbocycles. The van der Waals surface area contributed by atoms with Gasteiger partial charge in [-0.05, 0) is 50.5 Å². The van der Waals surface area contributed by atoms with Crippen LogP contribution >= 0.6 is 0 Å². The average Bonchev–Trinajstić information content (AvgIpc) is 3.15. The first-order chi connectivity index (χ1) is 11.6. The Morgan fingerprint density at radius 1 is 1.33 bits per heavy atom. The van der Waals surface area contributed by atoms with E-state index in [2.05, 4.69) is 24.2 Å². The molecule has 24 heavy (non-hydrogen) atoms. The summed E-state index contributed by atoms with van der Waals surface area (Å²) in [6.07, 6.45) is 2.46. The van der Waals surface area contributed by atoms with Gasteiger partial charge in [0.1, 0.15) is 0 Å². The summed E-state index contributed by atoms with van der Waals surface area (Å²) in [5, 5.41) is 13.4. The summed E-state index contributed by atoms with van der Waals surface area (Å²) < 4.78 is 2.01. The molecule has 1 aromatic carbocycles. The molecule has 0 bridgehead atoms. The monoisotopic (exact) mass is 322 g/mol. The first-order valence-electron chi connectivity index (χ1n) is 8.36. The van der Waals surface area contributed by atoms with Crippen molar-refractivity contribution in [2.75, 3.05) is 6.54 Å². The van der Waals surface area contributed by atoms with E-state index in [4.69, 9.17) is 5.26 Å². The highest BCUT2D eigenvalue weighted by molar-refractivity contribution is 5.79. The lowest BCUT2D eigenvalue weighted by Gasteiger charge is -2.25. The number of carbonyl (C=O) groups excluding carboxylic acids is 1. The third-order valence-electron chi connectivity index (χ3n) is 4.62. The van der Waals surface area contributed by atoms with Gasteiger partial charge in [-0.15, -0.1) is 0 Å². The number of aryl methyl sites for hydroxylation is 2. The van der Waals surface area contributed by atoms with E-state index in [-0.39, 0.29) is 11.9 Å². The summed E-state index contributed by atoms with van der Waals surface area (Å²) in [5.41, 5.74) is 3.73. The van der Waals surface area contributed by atoms with Crippen LogP contribution < -0.4 is 0 Å². The van der Waals surface area contributed by atoms with E-state index in [1.165, 1.54) is 0 Å². The van der Waals surface area contributed by atoms with E-state index in [0.29, 0.717) is 12.0 Å². The summed E-state index contributed by atoms with van der Waals surface area (Å²) in [6.45, 7) is 5.63. The lowest BCUT2D eigenvalue weighted by atomic mass is 10.1. The minimum atomic E-state index is 0.156. The number of aromatic nitrogens is 2. The molecule has 2 heterocycles. The van der Waals surface area contributed by atoms with Crippen molar-refractivity contribution in [2.24, 2.45) is 0 Å². The molecule has 1 atom stereocenters. The maximum atomic E-state index is 12.7. The number of hydrogen-bond donors (Lipinski definition) is 0. The normalized spacial score (nSPS) is 17.0. The molecule has 3 rings (SSSR count). The molecule has 1 aromatic heterocycles. The predicted octanol–water partition coefficient (Wildman–Crippen LogP) is 2.61. The second kappa shape index (κ2) is 6.88. The average molecular weight is 322 g/mol. The molecule has 5 heteroatoms. The van der Waals surface area contributed by atoms with Gasteiger partial charge in [0.25, 0.3) is 0 Å². The fourth-order valence-corrected chi connectivity index (χ4v) is 3.39. The van der Waals surface area contributed by atoms with Crippen LogP contribution in [-0.4, -0.2) is 33.2 Å². The molecule has 2 aromatic rings. The summed E-state index contributed by atoms with van der Waals surface area (Å²) in [7, 11) is 0. The van der Waals surface area contributed by atoms with Crippen molar-refractivity contribution in [3.8, 4) is 6.07 Å². The van der Waals surface area contributed by atoms with Gasteiger partial charge in [-0.3, -0.25) is 9.48 Å². The van der Waals surface area contributed by atoms with Crippen molar-refractivity contribution in [1.29, 1.82) is 5.26 Å². The molecule has 0 radical (unpaired) electrons. The van der Waals surface area contributed by atoms with Crippen LogP contribution in [-0.2, 0) is 17.8 Å². The SMILES string of the molecule is Cc1cc(C)n(C[C@@H]2CCCN2C(=O)Cc2ccc(C#N)cc2)n1. The van der Waals surface area contributed by atoms with E-state index in [0.717, 1.165) is 42.9 Å². The minimum Gasteiger partial charge on any atom is -0.338 e. The van der Waals surface area contributed by atoms with E-state index in [1.54, 1.807) is 12.1 Å². The number of nitriles is 1. The molecule has 1 saturated heterocycles. The van der Waals surface area contributed by atoms with Crippen LogP contribution in [0.15, 0.2) is 30.3 Å². The zero-order valence-electron chi connectivity index (χ0n) is 14.2. The Morgan fingerprint density at radius 2 is 2.08 bits per heavy atom.